The third-order valence-corrected chi connectivity index (χ3v) is 4.27. The molecule has 2 aromatic heterocycles. The number of aromatic carboxylic acids is 1. The largest absolute Gasteiger partial charge is 0.543 e. The third-order valence-electron chi connectivity index (χ3n) is 4.27. The Morgan fingerprint density at radius 3 is 2.58 bits per heavy atom. The molecule has 0 radical (unpaired) electrons. The van der Waals surface area contributed by atoms with Crippen molar-refractivity contribution >= 4 is 11.6 Å². The Bertz CT molecular complexity index is 856. The number of imidazole rings is 1. The maximum atomic E-state index is 11.5. The van der Waals surface area contributed by atoms with Crippen molar-refractivity contribution in [2.45, 2.75) is 26.9 Å². The van der Waals surface area contributed by atoms with Gasteiger partial charge in [-0.3, -0.25) is 4.40 Å². The summed E-state index contributed by atoms with van der Waals surface area (Å²) in [6.45, 7) is 6.39. The van der Waals surface area contributed by atoms with Gasteiger partial charge in [0.25, 0.3) is 0 Å². The van der Waals surface area contributed by atoms with Gasteiger partial charge in [-0.1, -0.05) is 36.4 Å². The van der Waals surface area contributed by atoms with E-state index in [1.165, 1.54) is 10.5 Å². The quantitative estimate of drug-likeness (QED) is 0.723. The molecule has 3 rings (SSSR count). The average molecular weight is 323 g/mol. The molecule has 0 saturated carbocycles. The number of benzene rings is 1. The van der Waals surface area contributed by atoms with Crippen LogP contribution in [0.2, 0.25) is 0 Å². The first-order valence-corrected chi connectivity index (χ1v) is 8.15. The summed E-state index contributed by atoms with van der Waals surface area (Å²) in [5.74, 6) is -1.22. The molecular formula is C19H21N3O2. The monoisotopic (exact) mass is 323 g/mol. The molecule has 0 spiro atoms. The Morgan fingerprint density at radius 1 is 1.17 bits per heavy atom. The Morgan fingerprint density at radius 2 is 1.92 bits per heavy atom. The van der Waals surface area contributed by atoms with Gasteiger partial charge < -0.3 is 14.8 Å². The van der Waals surface area contributed by atoms with E-state index in [9.17, 15) is 9.90 Å². The number of fused-ring (bicyclic) bond motifs is 1. The number of aromatic nitrogens is 2. The molecule has 1 aromatic carbocycles. The third kappa shape index (κ3) is 3.31. The van der Waals surface area contributed by atoms with E-state index in [0.29, 0.717) is 17.9 Å². The minimum atomic E-state index is -1.22. The van der Waals surface area contributed by atoms with E-state index < -0.39 is 5.97 Å². The second kappa shape index (κ2) is 6.84. The van der Waals surface area contributed by atoms with Crippen molar-refractivity contribution in [3.63, 3.8) is 0 Å². The topological polar surface area (TPSA) is 61.9 Å². The Balaban J connectivity index is 1.96. The molecular weight excluding hydrogens is 302 g/mol. The summed E-state index contributed by atoms with van der Waals surface area (Å²) in [6.07, 6.45) is 1.93. The number of hydrogen-bond acceptors (Lipinski definition) is 3. The van der Waals surface area contributed by atoms with E-state index in [1.807, 2.05) is 47.9 Å². The van der Waals surface area contributed by atoms with Crippen LogP contribution in [0.3, 0.4) is 0 Å². The lowest BCUT2D eigenvalue weighted by molar-refractivity contribution is -0.926. The minimum absolute atomic E-state index is 0.0413. The number of aryl methyl sites for hydroxylation is 1. The van der Waals surface area contributed by atoms with E-state index >= 15 is 0 Å². The van der Waals surface area contributed by atoms with Crippen molar-refractivity contribution in [1.29, 1.82) is 0 Å². The van der Waals surface area contributed by atoms with Gasteiger partial charge in [-0.2, -0.15) is 0 Å². The molecule has 5 heteroatoms. The number of nitrogens with zero attached hydrogens (tertiary/aromatic N) is 2. The molecule has 2 heterocycles. The van der Waals surface area contributed by atoms with Crippen molar-refractivity contribution < 1.29 is 14.8 Å². The van der Waals surface area contributed by atoms with Gasteiger partial charge in [-0.15, -0.1) is 0 Å². The molecule has 24 heavy (non-hydrogen) atoms. The number of pyridine rings is 1. The van der Waals surface area contributed by atoms with Crippen molar-refractivity contribution in [2.24, 2.45) is 0 Å². The predicted octanol–water partition coefficient (Wildman–Crippen LogP) is 0.611. The molecule has 1 atom stereocenters. The maximum Gasteiger partial charge on any atom is 0.137 e. The molecule has 0 aliphatic heterocycles. The average Bonchev–Trinajstić information content (AvgIpc) is 2.93. The minimum Gasteiger partial charge on any atom is -0.543 e. The number of carbonyl (C=O) groups excluding carboxylic acids is 1. The molecule has 0 amide bonds. The van der Waals surface area contributed by atoms with Gasteiger partial charge >= 0.3 is 0 Å². The predicted molar refractivity (Wildman–Crippen MR) is 89.6 cm³/mol. The highest BCUT2D eigenvalue weighted by Gasteiger charge is 2.18. The SMILES string of the molecule is CC[NH+](Cc1ccccc1)Cc1c(C(=O)[O-])nc2ccc(C)cn12. The number of carboxylic acid groups (broad SMARTS) is 1. The summed E-state index contributed by atoms with van der Waals surface area (Å²) < 4.78 is 1.88. The summed E-state index contributed by atoms with van der Waals surface area (Å²) in [6, 6.07) is 14.0. The van der Waals surface area contributed by atoms with Crippen molar-refractivity contribution in [3.05, 3.63) is 71.2 Å². The molecule has 0 aliphatic rings. The van der Waals surface area contributed by atoms with Gasteiger partial charge in [0, 0.05) is 11.8 Å². The van der Waals surface area contributed by atoms with Crippen LogP contribution in [-0.4, -0.2) is 21.9 Å². The Kier molecular flexibility index (Phi) is 4.62. The van der Waals surface area contributed by atoms with Crippen LogP contribution < -0.4 is 10.0 Å². The Hall–Kier alpha value is -2.66. The van der Waals surface area contributed by atoms with Gasteiger partial charge in [0.05, 0.1) is 12.5 Å². The molecule has 0 bridgehead atoms. The highest BCUT2D eigenvalue weighted by molar-refractivity contribution is 5.86. The van der Waals surface area contributed by atoms with E-state index in [0.717, 1.165) is 18.7 Å². The van der Waals surface area contributed by atoms with Crippen LogP contribution in [0.4, 0.5) is 0 Å². The first kappa shape index (κ1) is 16.2. The van der Waals surface area contributed by atoms with Crippen LogP contribution in [0, 0.1) is 6.92 Å². The number of nitrogens with one attached hydrogen (secondary N) is 1. The molecule has 0 saturated heterocycles. The van der Waals surface area contributed by atoms with Gasteiger partial charge in [0.1, 0.15) is 30.1 Å². The zero-order valence-electron chi connectivity index (χ0n) is 14.0. The van der Waals surface area contributed by atoms with Gasteiger partial charge in [0.15, 0.2) is 0 Å². The van der Waals surface area contributed by atoms with Crippen LogP contribution in [-0.2, 0) is 13.1 Å². The summed E-state index contributed by atoms with van der Waals surface area (Å²) >= 11 is 0. The molecule has 1 N–H and O–H groups in total. The lowest BCUT2D eigenvalue weighted by Crippen LogP contribution is -3.09. The molecule has 3 aromatic rings. The first-order chi connectivity index (χ1) is 11.6. The lowest BCUT2D eigenvalue weighted by Gasteiger charge is -2.18. The molecule has 1 unspecified atom stereocenters. The molecule has 124 valence electrons. The van der Waals surface area contributed by atoms with Crippen LogP contribution in [0.1, 0.15) is 34.2 Å². The van der Waals surface area contributed by atoms with Crippen LogP contribution in [0.15, 0.2) is 48.7 Å². The first-order valence-electron chi connectivity index (χ1n) is 8.15. The van der Waals surface area contributed by atoms with Crippen molar-refractivity contribution in [2.75, 3.05) is 6.54 Å². The fourth-order valence-electron chi connectivity index (χ4n) is 2.97. The number of rotatable bonds is 6. The fraction of sp³-hybridized carbons (Fsp3) is 0.263. The Labute approximate surface area is 141 Å². The molecule has 0 aliphatic carbocycles. The van der Waals surface area contributed by atoms with E-state index in [-0.39, 0.29) is 5.69 Å². The second-order valence-corrected chi connectivity index (χ2v) is 6.07. The summed E-state index contributed by atoms with van der Waals surface area (Å²) in [5, 5.41) is 11.5. The number of carbonyl (C=O) groups is 1. The zero-order valence-corrected chi connectivity index (χ0v) is 14.0. The number of hydrogen-bond donors (Lipinski definition) is 1. The smallest absolute Gasteiger partial charge is 0.137 e. The molecule has 0 fully saturated rings. The zero-order chi connectivity index (χ0) is 17.1. The van der Waals surface area contributed by atoms with Gasteiger partial charge in [-0.25, -0.2) is 4.98 Å². The van der Waals surface area contributed by atoms with E-state index in [1.54, 1.807) is 0 Å². The van der Waals surface area contributed by atoms with Gasteiger partial charge in [0.2, 0.25) is 0 Å². The molecule has 5 nitrogen and oxygen atoms in total. The van der Waals surface area contributed by atoms with Crippen LogP contribution in [0.5, 0.6) is 0 Å². The van der Waals surface area contributed by atoms with Crippen LogP contribution >= 0.6 is 0 Å². The highest BCUT2D eigenvalue weighted by Crippen LogP contribution is 2.13. The summed E-state index contributed by atoms with van der Waals surface area (Å²) in [7, 11) is 0. The van der Waals surface area contributed by atoms with Gasteiger partial charge in [-0.05, 0) is 25.5 Å². The second-order valence-electron chi connectivity index (χ2n) is 6.07. The standard InChI is InChI=1S/C19H21N3O2/c1-3-21(12-15-7-5-4-6-8-15)13-16-18(19(23)24)20-17-10-9-14(2)11-22(16)17/h4-11H,3,12-13H2,1-2H3,(H,23,24). The summed E-state index contributed by atoms with van der Waals surface area (Å²) in [4.78, 5) is 17.0. The normalized spacial score (nSPS) is 12.4. The van der Waals surface area contributed by atoms with Crippen LogP contribution in [0.25, 0.3) is 5.65 Å². The summed E-state index contributed by atoms with van der Waals surface area (Å²) in [5.41, 5.74) is 3.67. The fourth-order valence-corrected chi connectivity index (χ4v) is 2.97. The lowest BCUT2D eigenvalue weighted by atomic mass is 10.2. The van der Waals surface area contributed by atoms with E-state index in [2.05, 4.69) is 24.0 Å². The number of quaternary nitrogens is 1. The maximum absolute atomic E-state index is 11.5. The number of carboxylic acids is 1. The van der Waals surface area contributed by atoms with Crippen molar-refractivity contribution in [1.82, 2.24) is 9.38 Å². The highest BCUT2D eigenvalue weighted by atomic mass is 16.4. The van der Waals surface area contributed by atoms with Crippen molar-refractivity contribution in [3.8, 4) is 0 Å². The van der Waals surface area contributed by atoms with E-state index in [4.69, 9.17) is 0 Å².